The molecule has 2 saturated heterocycles. The summed E-state index contributed by atoms with van der Waals surface area (Å²) in [6.07, 6.45) is 4.73. The van der Waals surface area contributed by atoms with E-state index in [0.29, 0.717) is 29.4 Å². The Morgan fingerprint density at radius 3 is 2.57 bits per heavy atom. The minimum atomic E-state index is -3.40. The number of sulfonamides is 1. The Bertz CT molecular complexity index is 606. The molecule has 2 aliphatic heterocycles. The van der Waals surface area contributed by atoms with E-state index in [9.17, 15) is 8.42 Å². The van der Waals surface area contributed by atoms with Crippen LogP contribution >= 0.6 is 15.9 Å². The minimum Gasteiger partial charge on any atom is -0.300 e. The van der Waals surface area contributed by atoms with Gasteiger partial charge in [0.05, 0.1) is 4.90 Å². The fourth-order valence-corrected chi connectivity index (χ4v) is 5.35. The van der Waals surface area contributed by atoms with Crippen molar-refractivity contribution < 1.29 is 8.42 Å². The smallest absolute Gasteiger partial charge is 0.240 e. The normalized spacial score (nSPS) is 29.7. The lowest BCUT2D eigenvalue weighted by Gasteiger charge is -2.36. The summed E-state index contributed by atoms with van der Waals surface area (Å²) in [7, 11) is -1.21. The Kier molecular flexibility index (Phi) is 4.41. The molecule has 2 fully saturated rings. The molecule has 1 aromatic carbocycles. The molecule has 116 valence electrons. The summed E-state index contributed by atoms with van der Waals surface area (Å²) in [5.74, 6) is 0.459. The standard InChI is InChI=1S/C15H21BrN2O2S/c1-18-13-5-6-14(18)8-11(7-13)10-17-21(19,20)15-4-2-3-12(16)9-15/h2-4,9,11,13-14,17H,5-8,10H2,1H3. The van der Waals surface area contributed by atoms with E-state index in [4.69, 9.17) is 0 Å². The lowest BCUT2D eigenvalue weighted by Crippen LogP contribution is -2.43. The fourth-order valence-electron chi connectivity index (χ4n) is 3.64. The number of hydrogen-bond donors (Lipinski definition) is 1. The molecule has 3 rings (SSSR count). The average molecular weight is 373 g/mol. The second kappa shape index (κ2) is 5.99. The summed E-state index contributed by atoms with van der Waals surface area (Å²) in [5.41, 5.74) is 0. The van der Waals surface area contributed by atoms with Gasteiger partial charge in [-0.2, -0.15) is 0 Å². The molecule has 2 atom stereocenters. The molecular weight excluding hydrogens is 352 g/mol. The van der Waals surface area contributed by atoms with Crippen LogP contribution in [-0.2, 0) is 10.0 Å². The van der Waals surface area contributed by atoms with Gasteiger partial charge in [-0.3, -0.25) is 0 Å². The molecule has 0 radical (unpaired) electrons. The number of fused-ring (bicyclic) bond motifs is 2. The zero-order valence-electron chi connectivity index (χ0n) is 12.1. The summed E-state index contributed by atoms with van der Waals surface area (Å²) < 4.78 is 28.2. The Hall–Kier alpha value is -0.430. The van der Waals surface area contributed by atoms with Crippen LogP contribution in [-0.4, -0.2) is 39.0 Å². The van der Waals surface area contributed by atoms with E-state index in [2.05, 4.69) is 32.6 Å². The Morgan fingerprint density at radius 1 is 1.29 bits per heavy atom. The van der Waals surface area contributed by atoms with Crippen molar-refractivity contribution in [2.24, 2.45) is 5.92 Å². The molecule has 2 bridgehead atoms. The maximum absolute atomic E-state index is 12.3. The van der Waals surface area contributed by atoms with Crippen molar-refractivity contribution in [3.63, 3.8) is 0 Å². The van der Waals surface area contributed by atoms with Crippen molar-refractivity contribution in [1.29, 1.82) is 0 Å². The van der Waals surface area contributed by atoms with Crippen LogP contribution in [0.1, 0.15) is 25.7 Å². The van der Waals surface area contributed by atoms with Gasteiger partial charge < -0.3 is 4.90 Å². The van der Waals surface area contributed by atoms with Crippen molar-refractivity contribution in [2.45, 2.75) is 42.7 Å². The van der Waals surface area contributed by atoms with E-state index in [-0.39, 0.29) is 0 Å². The van der Waals surface area contributed by atoms with Gasteiger partial charge in [-0.25, -0.2) is 13.1 Å². The number of rotatable bonds is 4. The lowest BCUT2D eigenvalue weighted by molar-refractivity contribution is 0.135. The SMILES string of the molecule is CN1C2CCC1CC(CNS(=O)(=O)c1cccc(Br)c1)C2. The zero-order valence-corrected chi connectivity index (χ0v) is 14.5. The van der Waals surface area contributed by atoms with Crippen LogP contribution in [0.5, 0.6) is 0 Å². The molecule has 4 nitrogen and oxygen atoms in total. The summed E-state index contributed by atoms with van der Waals surface area (Å²) in [6, 6.07) is 8.13. The molecule has 6 heteroatoms. The number of nitrogens with one attached hydrogen (secondary N) is 1. The zero-order chi connectivity index (χ0) is 15.0. The summed E-state index contributed by atoms with van der Waals surface area (Å²) in [5, 5.41) is 0. The van der Waals surface area contributed by atoms with E-state index >= 15 is 0 Å². The molecule has 1 aromatic rings. The van der Waals surface area contributed by atoms with Gasteiger partial charge in [0.25, 0.3) is 0 Å². The highest BCUT2D eigenvalue weighted by atomic mass is 79.9. The van der Waals surface area contributed by atoms with Crippen molar-refractivity contribution in [2.75, 3.05) is 13.6 Å². The second-order valence-corrected chi connectivity index (χ2v) is 8.88. The number of piperidine rings is 1. The molecule has 0 spiro atoms. The van der Waals surface area contributed by atoms with Crippen LogP contribution in [0, 0.1) is 5.92 Å². The maximum atomic E-state index is 12.3. The van der Waals surface area contributed by atoms with Crippen LogP contribution in [0.2, 0.25) is 0 Å². The van der Waals surface area contributed by atoms with Crippen LogP contribution in [0.25, 0.3) is 0 Å². The summed E-state index contributed by atoms with van der Waals surface area (Å²) in [4.78, 5) is 2.80. The van der Waals surface area contributed by atoms with E-state index in [1.54, 1.807) is 18.2 Å². The van der Waals surface area contributed by atoms with Crippen LogP contribution < -0.4 is 4.72 Å². The van der Waals surface area contributed by atoms with Crippen molar-refractivity contribution in [1.82, 2.24) is 9.62 Å². The predicted molar refractivity (Wildman–Crippen MR) is 86.6 cm³/mol. The Labute approximate surface area is 135 Å². The average Bonchev–Trinajstić information content (AvgIpc) is 2.67. The third-order valence-electron chi connectivity index (χ3n) is 4.86. The monoisotopic (exact) mass is 372 g/mol. The van der Waals surface area contributed by atoms with Crippen molar-refractivity contribution in [3.8, 4) is 0 Å². The maximum Gasteiger partial charge on any atom is 0.240 e. The molecule has 2 aliphatic rings. The first-order chi connectivity index (χ1) is 9.95. The third-order valence-corrected chi connectivity index (χ3v) is 6.78. The quantitative estimate of drug-likeness (QED) is 0.883. The van der Waals surface area contributed by atoms with Gasteiger partial charge in [0.1, 0.15) is 0 Å². The third kappa shape index (κ3) is 3.33. The van der Waals surface area contributed by atoms with Crippen molar-refractivity contribution >= 4 is 26.0 Å². The van der Waals surface area contributed by atoms with Gasteiger partial charge in [0.15, 0.2) is 0 Å². The number of nitrogens with zero attached hydrogens (tertiary/aromatic N) is 1. The van der Waals surface area contributed by atoms with Crippen LogP contribution in [0.4, 0.5) is 0 Å². The van der Waals surface area contributed by atoms with Gasteiger partial charge in [-0.05, 0) is 56.8 Å². The van der Waals surface area contributed by atoms with Gasteiger partial charge in [0, 0.05) is 23.1 Å². The van der Waals surface area contributed by atoms with Crippen molar-refractivity contribution in [3.05, 3.63) is 28.7 Å². The summed E-state index contributed by atoms with van der Waals surface area (Å²) in [6.45, 7) is 0.551. The van der Waals surface area contributed by atoms with E-state index < -0.39 is 10.0 Å². The first-order valence-corrected chi connectivity index (χ1v) is 9.70. The Morgan fingerprint density at radius 2 is 1.95 bits per heavy atom. The highest BCUT2D eigenvalue weighted by Gasteiger charge is 2.38. The van der Waals surface area contributed by atoms with E-state index in [0.717, 1.165) is 17.3 Å². The molecule has 0 aromatic heterocycles. The molecule has 21 heavy (non-hydrogen) atoms. The number of benzene rings is 1. The van der Waals surface area contributed by atoms with Gasteiger partial charge in [-0.1, -0.05) is 22.0 Å². The van der Waals surface area contributed by atoms with Crippen LogP contribution in [0.3, 0.4) is 0 Å². The molecule has 2 unspecified atom stereocenters. The summed E-state index contributed by atoms with van der Waals surface area (Å²) >= 11 is 3.32. The van der Waals surface area contributed by atoms with Crippen LogP contribution in [0.15, 0.2) is 33.6 Å². The first kappa shape index (κ1) is 15.5. The minimum absolute atomic E-state index is 0.327. The van der Waals surface area contributed by atoms with Gasteiger partial charge in [0.2, 0.25) is 10.0 Å². The first-order valence-electron chi connectivity index (χ1n) is 7.43. The highest BCUT2D eigenvalue weighted by molar-refractivity contribution is 9.10. The molecule has 1 N–H and O–H groups in total. The molecule has 0 aliphatic carbocycles. The highest BCUT2D eigenvalue weighted by Crippen LogP contribution is 2.37. The van der Waals surface area contributed by atoms with E-state index in [1.165, 1.54) is 12.8 Å². The van der Waals surface area contributed by atoms with E-state index in [1.807, 2.05) is 6.07 Å². The predicted octanol–water partition coefficient (Wildman–Crippen LogP) is 2.60. The Balaban J connectivity index is 1.63. The molecule has 0 saturated carbocycles. The lowest BCUT2D eigenvalue weighted by atomic mass is 9.91. The van der Waals surface area contributed by atoms with Gasteiger partial charge in [-0.15, -0.1) is 0 Å². The molecule has 2 heterocycles. The molecule has 0 amide bonds. The fraction of sp³-hybridized carbons (Fsp3) is 0.600. The largest absolute Gasteiger partial charge is 0.300 e. The number of halogens is 1. The molecular formula is C15H21BrN2O2S. The van der Waals surface area contributed by atoms with Gasteiger partial charge >= 0.3 is 0 Å². The second-order valence-electron chi connectivity index (χ2n) is 6.20. The topological polar surface area (TPSA) is 49.4 Å². The number of hydrogen-bond acceptors (Lipinski definition) is 3.